The van der Waals surface area contributed by atoms with Crippen LogP contribution in [-0.4, -0.2) is 56.2 Å². The van der Waals surface area contributed by atoms with Gasteiger partial charge >= 0.3 is 0 Å². The number of nitrogens with zero attached hydrogens (tertiary/aromatic N) is 2. The fourth-order valence-corrected chi connectivity index (χ4v) is 2.71. The molecule has 0 bridgehead atoms. The molecule has 0 spiro atoms. The third-order valence-corrected chi connectivity index (χ3v) is 4.10. The summed E-state index contributed by atoms with van der Waals surface area (Å²) in [5.74, 6) is 0.927. The van der Waals surface area contributed by atoms with Crippen LogP contribution in [0.3, 0.4) is 0 Å². The zero-order valence-electron chi connectivity index (χ0n) is 12.7. The van der Waals surface area contributed by atoms with Crippen LogP contribution in [0.25, 0.3) is 0 Å². The van der Waals surface area contributed by atoms with Gasteiger partial charge in [0.2, 0.25) is 0 Å². The van der Waals surface area contributed by atoms with Gasteiger partial charge in [-0.1, -0.05) is 12.1 Å². The van der Waals surface area contributed by atoms with Crippen LogP contribution in [-0.2, 0) is 6.54 Å². The Balaban J connectivity index is 1.69. The first-order chi connectivity index (χ1) is 9.69. The van der Waals surface area contributed by atoms with Gasteiger partial charge in [-0.25, -0.2) is 0 Å². The first-order valence-electron chi connectivity index (χ1n) is 7.49. The van der Waals surface area contributed by atoms with E-state index in [0.717, 1.165) is 30.5 Å². The third kappa shape index (κ3) is 4.47. The average molecular weight is 277 g/mol. The van der Waals surface area contributed by atoms with Gasteiger partial charge in [0.1, 0.15) is 12.4 Å². The smallest absolute Gasteiger partial charge is 0.119 e. The zero-order chi connectivity index (χ0) is 14.4. The Morgan fingerprint density at radius 2 is 2.05 bits per heavy atom. The molecule has 0 aliphatic carbocycles. The first kappa shape index (κ1) is 15.3. The third-order valence-electron chi connectivity index (χ3n) is 4.10. The molecule has 1 aliphatic heterocycles. The van der Waals surface area contributed by atoms with Gasteiger partial charge in [0.15, 0.2) is 0 Å². The van der Waals surface area contributed by atoms with E-state index in [1.807, 2.05) is 24.3 Å². The molecule has 112 valence electrons. The van der Waals surface area contributed by atoms with Crippen LogP contribution in [0, 0.1) is 0 Å². The summed E-state index contributed by atoms with van der Waals surface area (Å²) in [7, 11) is 4.35. The van der Waals surface area contributed by atoms with E-state index in [1.165, 1.54) is 25.9 Å². The second kappa shape index (κ2) is 7.62. The lowest BCUT2D eigenvalue weighted by molar-refractivity contribution is 0.128. The summed E-state index contributed by atoms with van der Waals surface area (Å²) in [6.45, 7) is 4.67. The predicted molar refractivity (Wildman–Crippen MR) is 83.0 cm³/mol. The van der Waals surface area contributed by atoms with Gasteiger partial charge in [0.25, 0.3) is 0 Å². The molecule has 20 heavy (non-hydrogen) atoms. The quantitative estimate of drug-likeness (QED) is 0.856. The molecule has 0 atom stereocenters. The predicted octanol–water partition coefficient (Wildman–Crippen LogP) is 1.55. The van der Waals surface area contributed by atoms with E-state index in [9.17, 15) is 0 Å². The molecular weight excluding hydrogens is 250 g/mol. The standard InChI is InChI=1S/C16H27N3O/c1-18(2)15-6-8-19(9-7-15)10-11-20-16-5-3-4-14(12-16)13-17/h3-5,12,15H,6-11,13,17H2,1-2H3. The summed E-state index contributed by atoms with van der Waals surface area (Å²) in [6, 6.07) is 8.79. The Morgan fingerprint density at radius 3 is 2.70 bits per heavy atom. The Hall–Kier alpha value is -1.10. The Labute approximate surface area is 122 Å². The molecule has 1 aromatic rings. The van der Waals surface area contributed by atoms with E-state index in [4.69, 9.17) is 10.5 Å². The summed E-state index contributed by atoms with van der Waals surface area (Å²) < 4.78 is 5.82. The van der Waals surface area contributed by atoms with Crippen LogP contribution in [0.15, 0.2) is 24.3 Å². The van der Waals surface area contributed by atoms with Crippen molar-refractivity contribution < 1.29 is 4.74 Å². The van der Waals surface area contributed by atoms with Gasteiger partial charge in [0.05, 0.1) is 0 Å². The van der Waals surface area contributed by atoms with Crippen molar-refractivity contribution in [1.82, 2.24) is 9.80 Å². The van der Waals surface area contributed by atoms with Crippen LogP contribution in [0.4, 0.5) is 0 Å². The van der Waals surface area contributed by atoms with Gasteiger partial charge in [-0.3, -0.25) is 4.90 Å². The van der Waals surface area contributed by atoms with Crippen molar-refractivity contribution in [3.8, 4) is 5.75 Å². The minimum Gasteiger partial charge on any atom is -0.492 e. The van der Waals surface area contributed by atoms with Crippen LogP contribution < -0.4 is 10.5 Å². The fourth-order valence-electron chi connectivity index (χ4n) is 2.71. The number of rotatable bonds is 6. The summed E-state index contributed by atoms with van der Waals surface area (Å²) >= 11 is 0. The highest BCUT2D eigenvalue weighted by Crippen LogP contribution is 2.15. The highest BCUT2D eigenvalue weighted by Gasteiger charge is 2.20. The van der Waals surface area contributed by atoms with Gasteiger partial charge in [-0.2, -0.15) is 0 Å². The SMILES string of the molecule is CN(C)C1CCN(CCOc2cccc(CN)c2)CC1. The molecule has 2 N–H and O–H groups in total. The van der Waals surface area contributed by atoms with Gasteiger partial charge in [-0.05, 0) is 57.7 Å². The second-order valence-corrected chi connectivity index (χ2v) is 5.74. The molecule has 0 aromatic heterocycles. The molecule has 4 nitrogen and oxygen atoms in total. The molecule has 0 saturated carbocycles. The lowest BCUT2D eigenvalue weighted by atomic mass is 10.0. The van der Waals surface area contributed by atoms with Gasteiger partial charge in [-0.15, -0.1) is 0 Å². The average Bonchev–Trinajstić information content (AvgIpc) is 2.48. The van der Waals surface area contributed by atoms with Crippen LogP contribution >= 0.6 is 0 Å². The number of hydrogen-bond acceptors (Lipinski definition) is 4. The van der Waals surface area contributed by atoms with Crippen molar-refractivity contribution in [2.24, 2.45) is 5.73 Å². The Morgan fingerprint density at radius 1 is 1.30 bits per heavy atom. The van der Waals surface area contributed by atoms with Crippen LogP contribution in [0.2, 0.25) is 0 Å². The maximum absolute atomic E-state index is 5.82. The molecule has 0 radical (unpaired) electrons. The topological polar surface area (TPSA) is 41.7 Å². The summed E-state index contributed by atoms with van der Waals surface area (Å²) in [5.41, 5.74) is 6.75. The number of likely N-dealkylation sites (tertiary alicyclic amines) is 1. The fraction of sp³-hybridized carbons (Fsp3) is 0.625. The van der Waals surface area contributed by atoms with E-state index in [0.29, 0.717) is 6.54 Å². The number of nitrogens with two attached hydrogens (primary N) is 1. The van der Waals surface area contributed by atoms with Crippen LogP contribution in [0.5, 0.6) is 5.75 Å². The van der Waals surface area contributed by atoms with Gasteiger partial charge < -0.3 is 15.4 Å². The molecule has 1 aromatic carbocycles. The highest BCUT2D eigenvalue weighted by atomic mass is 16.5. The Bertz CT molecular complexity index is 400. The molecule has 1 heterocycles. The summed E-state index contributed by atoms with van der Waals surface area (Å²) in [4.78, 5) is 4.83. The molecule has 2 rings (SSSR count). The van der Waals surface area contributed by atoms with Crippen molar-refractivity contribution >= 4 is 0 Å². The number of piperidine rings is 1. The first-order valence-corrected chi connectivity index (χ1v) is 7.49. The molecular formula is C16H27N3O. The van der Waals surface area contributed by atoms with Crippen LogP contribution in [0.1, 0.15) is 18.4 Å². The minimum atomic E-state index is 0.565. The molecule has 0 unspecified atom stereocenters. The van der Waals surface area contributed by atoms with Crippen molar-refractivity contribution in [1.29, 1.82) is 0 Å². The zero-order valence-corrected chi connectivity index (χ0v) is 12.7. The highest BCUT2D eigenvalue weighted by molar-refractivity contribution is 5.28. The van der Waals surface area contributed by atoms with E-state index in [2.05, 4.69) is 23.9 Å². The lowest BCUT2D eigenvalue weighted by Crippen LogP contribution is -2.43. The summed E-state index contributed by atoms with van der Waals surface area (Å²) in [6.07, 6.45) is 2.52. The van der Waals surface area contributed by atoms with E-state index in [-0.39, 0.29) is 0 Å². The second-order valence-electron chi connectivity index (χ2n) is 5.74. The van der Waals surface area contributed by atoms with E-state index in [1.54, 1.807) is 0 Å². The largest absolute Gasteiger partial charge is 0.492 e. The molecule has 1 saturated heterocycles. The lowest BCUT2D eigenvalue weighted by Gasteiger charge is -2.35. The van der Waals surface area contributed by atoms with Gasteiger partial charge in [0, 0.05) is 19.1 Å². The maximum atomic E-state index is 5.82. The Kier molecular flexibility index (Phi) is 5.83. The summed E-state index contributed by atoms with van der Waals surface area (Å²) in [5, 5.41) is 0. The monoisotopic (exact) mass is 277 g/mol. The molecule has 1 fully saturated rings. The van der Waals surface area contributed by atoms with Crippen molar-refractivity contribution in [2.75, 3.05) is 40.3 Å². The minimum absolute atomic E-state index is 0.565. The van der Waals surface area contributed by atoms with E-state index < -0.39 is 0 Å². The molecule has 4 heteroatoms. The van der Waals surface area contributed by atoms with Crippen molar-refractivity contribution in [2.45, 2.75) is 25.4 Å². The van der Waals surface area contributed by atoms with Crippen molar-refractivity contribution in [3.05, 3.63) is 29.8 Å². The molecule has 1 aliphatic rings. The maximum Gasteiger partial charge on any atom is 0.119 e. The molecule has 0 amide bonds. The van der Waals surface area contributed by atoms with E-state index >= 15 is 0 Å². The number of ether oxygens (including phenoxy) is 1. The van der Waals surface area contributed by atoms with Crippen molar-refractivity contribution in [3.63, 3.8) is 0 Å². The number of benzene rings is 1. The number of hydrogen-bond donors (Lipinski definition) is 1. The normalized spacial score (nSPS) is 17.6.